The van der Waals surface area contributed by atoms with Crippen LogP contribution in [0.3, 0.4) is 0 Å². The maximum absolute atomic E-state index is 12.7. The Morgan fingerprint density at radius 2 is 2.14 bits per heavy atom. The smallest absolute Gasteiger partial charge is 0.272 e. The van der Waals surface area contributed by atoms with Crippen LogP contribution in [0, 0.1) is 17.8 Å². The average Bonchev–Trinajstić information content (AvgIpc) is 3.42. The van der Waals surface area contributed by atoms with Crippen molar-refractivity contribution in [3.8, 4) is 23.5 Å². The summed E-state index contributed by atoms with van der Waals surface area (Å²) in [6.45, 7) is 1.12. The van der Waals surface area contributed by atoms with Crippen LogP contribution in [0.25, 0.3) is 0 Å². The maximum Gasteiger partial charge on any atom is 0.272 e. The monoisotopic (exact) mass is 397 g/mol. The number of hydrogen-bond acceptors (Lipinski definition) is 4. The number of carbonyl (C=O) groups excluding carboxylic acids is 1. The molecule has 1 unspecified atom stereocenters. The molecule has 1 N–H and O–H groups in total. The summed E-state index contributed by atoms with van der Waals surface area (Å²) in [6, 6.07) is 7.10. The predicted octanol–water partition coefficient (Wildman–Crippen LogP) is 2.83. The van der Waals surface area contributed by atoms with Gasteiger partial charge in [-0.15, -0.1) is 0 Å². The fourth-order valence-corrected chi connectivity index (χ4v) is 3.66. The van der Waals surface area contributed by atoms with Crippen LogP contribution in [0.15, 0.2) is 24.3 Å². The molecule has 1 aromatic carbocycles. The van der Waals surface area contributed by atoms with Crippen molar-refractivity contribution in [3.63, 3.8) is 0 Å². The van der Waals surface area contributed by atoms with Gasteiger partial charge in [0.2, 0.25) is 5.88 Å². The van der Waals surface area contributed by atoms with E-state index in [1.54, 1.807) is 16.8 Å². The lowest BCUT2D eigenvalue weighted by molar-refractivity contribution is 0.0909. The van der Waals surface area contributed by atoms with Crippen molar-refractivity contribution in [2.24, 2.45) is 5.92 Å². The first-order valence-corrected chi connectivity index (χ1v) is 9.99. The van der Waals surface area contributed by atoms with Gasteiger partial charge in [-0.1, -0.05) is 23.4 Å². The van der Waals surface area contributed by atoms with Crippen molar-refractivity contribution >= 4 is 17.5 Å². The van der Waals surface area contributed by atoms with E-state index in [2.05, 4.69) is 22.3 Å². The summed E-state index contributed by atoms with van der Waals surface area (Å²) >= 11 is 6.06. The molecule has 2 atom stereocenters. The third-order valence-electron chi connectivity index (χ3n) is 5.13. The SMILES string of the molecule is O=C(N[C@H]1COc2ccc(Cl)cc2C1)c1cc2n(n1)CCC(C#CC1CC1)O2. The molecule has 1 saturated carbocycles. The van der Waals surface area contributed by atoms with Crippen molar-refractivity contribution < 1.29 is 14.3 Å². The number of aromatic nitrogens is 2. The Morgan fingerprint density at radius 3 is 3.00 bits per heavy atom. The number of fused-ring (bicyclic) bond motifs is 2. The van der Waals surface area contributed by atoms with E-state index in [0.717, 1.165) is 17.7 Å². The molecule has 1 aliphatic carbocycles. The second-order valence-corrected chi connectivity index (χ2v) is 7.92. The standard InChI is InChI=1S/C21H20ClN3O3/c22-15-4-6-19-14(9-15)10-16(12-27-19)23-21(26)18-11-20-25(24-18)8-7-17(28-20)5-3-13-1-2-13/h4,6,9,11,13,16-17H,1-2,7-8,10,12H2,(H,23,26)/t16-,17?/m1/s1. The molecule has 3 aliphatic rings. The van der Waals surface area contributed by atoms with Crippen molar-refractivity contribution in [2.45, 2.75) is 44.4 Å². The molecule has 1 aromatic heterocycles. The topological polar surface area (TPSA) is 65.4 Å². The second kappa shape index (κ2) is 7.06. The van der Waals surface area contributed by atoms with Crippen molar-refractivity contribution in [1.82, 2.24) is 15.1 Å². The van der Waals surface area contributed by atoms with Gasteiger partial charge in [0.15, 0.2) is 11.8 Å². The Morgan fingerprint density at radius 1 is 1.25 bits per heavy atom. The van der Waals surface area contributed by atoms with E-state index in [1.807, 2.05) is 12.1 Å². The zero-order valence-corrected chi connectivity index (χ0v) is 16.0. The van der Waals surface area contributed by atoms with Crippen molar-refractivity contribution in [1.29, 1.82) is 0 Å². The van der Waals surface area contributed by atoms with Gasteiger partial charge >= 0.3 is 0 Å². The van der Waals surface area contributed by atoms with E-state index in [9.17, 15) is 4.79 Å². The summed E-state index contributed by atoms with van der Waals surface area (Å²) < 4.78 is 13.4. The maximum atomic E-state index is 12.7. The zero-order valence-electron chi connectivity index (χ0n) is 15.3. The summed E-state index contributed by atoms with van der Waals surface area (Å²) in [5, 5.41) is 8.04. The zero-order chi connectivity index (χ0) is 19.1. The minimum absolute atomic E-state index is 0.117. The van der Waals surface area contributed by atoms with Crippen LogP contribution in [-0.4, -0.2) is 34.4 Å². The Balaban J connectivity index is 1.24. The molecule has 3 heterocycles. The molecule has 0 bridgehead atoms. The molecule has 0 saturated heterocycles. The van der Waals surface area contributed by atoms with E-state index >= 15 is 0 Å². The highest BCUT2D eigenvalue weighted by molar-refractivity contribution is 6.30. The number of amides is 1. The average molecular weight is 398 g/mol. The van der Waals surface area contributed by atoms with E-state index in [-0.39, 0.29) is 18.1 Å². The number of ether oxygens (including phenoxy) is 2. The number of halogens is 1. The van der Waals surface area contributed by atoms with E-state index in [0.29, 0.717) is 42.1 Å². The van der Waals surface area contributed by atoms with Crippen molar-refractivity contribution in [2.75, 3.05) is 6.61 Å². The summed E-state index contributed by atoms with van der Waals surface area (Å²) in [4.78, 5) is 12.7. The number of aryl methyl sites for hydroxylation is 1. The van der Waals surface area contributed by atoms with Crippen LogP contribution in [0.2, 0.25) is 5.02 Å². The molecule has 7 heteroatoms. The lowest BCUT2D eigenvalue weighted by Crippen LogP contribution is -2.42. The van der Waals surface area contributed by atoms with Gasteiger partial charge in [0.05, 0.1) is 6.04 Å². The summed E-state index contributed by atoms with van der Waals surface area (Å²) in [7, 11) is 0. The number of nitrogens with zero attached hydrogens (tertiary/aromatic N) is 2. The second-order valence-electron chi connectivity index (χ2n) is 7.49. The fraction of sp³-hybridized carbons (Fsp3) is 0.429. The van der Waals surface area contributed by atoms with Crippen LogP contribution < -0.4 is 14.8 Å². The Kier molecular flexibility index (Phi) is 4.40. The lowest BCUT2D eigenvalue weighted by atomic mass is 10.0. The molecule has 6 nitrogen and oxygen atoms in total. The van der Waals surface area contributed by atoms with E-state index in [1.165, 1.54) is 12.8 Å². The number of carbonyl (C=O) groups is 1. The first-order valence-electron chi connectivity index (χ1n) is 9.62. The minimum Gasteiger partial charge on any atom is -0.491 e. The molecule has 1 fully saturated rings. The molecule has 0 spiro atoms. The molecular weight excluding hydrogens is 378 g/mol. The van der Waals surface area contributed by atoms with Gasteiger partial charge < -0.3 is 14.8 Å². The van der Waals surface area contributed by atoms with Crippen LogP contribution in [-0.2, 0) is 13.0 Å². The number of nitrogens with one attached hydrogen (secondary N) is 1. The number of hydrogen-bond donors (Lipinski definition) is 1. The molecule has 2 aromatic rings. The number of rotatable bonds is 2. The normalized spacial score (nSPS) is 22.6. The highest BCUT2D eigenvalue weighted by atomic mass is 35.5. The van der Waals surface area contributed by atoms with Crippen LogP contribution in [0.1, 0.15) is 35.3 Å². The van der Waals surface area contributed by atoms with E-state index in [4.69, 9.17) is 21.1 Å². The minimum atomic E-state index is -0.231. The van der Waals surface area contributed by atoms with Gasteiger partial charge in [0, 0.05) is 30.0 Å². The third-order valence-corrected chi connectivity index (χ3v) is 5.37. The van der Waals surface area contributed by atoms with Crippen LogP contribution in [0.5, 0.6) is 11.6 Å². The van der Waals surface area contributed by atoms with Crippen LogP contribution in [0.4, 0.5) is 0 Å². The van der Waals surface area contributed by atoms with Gasteiger partial charge in [0.1, 0.15) is 12.4 Å². The first-order chi connectivity index (χ1) is 13.6. The Hall–Kier alpha value is -2.65. The molecule has 144 valence electrons. The third kappa shape index (κ3) is 3.67. The molecular formula is C21H20ClN3O3. The fourth-order valence-electron chi connectivity index (χ4n) is 3.47. The molecule has 0 radical (unpaired) electrons. The van der Waals surface area contributed by atoms with Crippen molar-refractivity contribution in [3.05, 3.63) is 40.5 Å². The molecule has 5 rings (SSSR count). The largest absolute Gasteiger partial charge is 0.491 e. The van der Waals surface area contributed by atoms with Gasteiger partial charge in [-0.05, 0) is 43.0 Å². The molecule has 2 aliphatic heterocycles. The lowest BCUT2D eigenvalue weighted by Gasteiger charge is -2.25. The van der Waals surface area contributed by atoms with Gasteiger partial charge in [-0.2, -0.15) is 5.10 Å². The summed E-state index contributed by atoms with van der Waals surface area (Å²) in [5.41, 5.74) is 1.34. The molecule has 1 amide bonds. The van der Waals surface area contributed by atoms with Gasteiger partial charge in [-0.25, -0.2) is 4.68 Å². The summed E-state index contributed by atoms with van der Waals surface area (Å²) in [6.07, 6.45) is 3.73. The highest BCUT2D eigenvalue weighted by Crippen LogP contribution is 2.29. The Labute approximate surface area is 168 Å². The first kappa shape index (κ1) is 17.4. The quantitative estimate of drug-likeness (QED) is 0.791. The van der Waals surface area contributed by atoms with Crippen LogP contribution >= 0.6 is 11.6 Å². The van der Waals surface area contributed by atoms with Gasteiger partial charge in [-0.3, -0.25) is 4.79 Å². The van der Waals surface area contributed by atoms with E-state index < -0.39 is 0 Å². The highest BCUT2D eigenvalue weighted by Gasteiger charge is 2.26. The van der Waals surface area contributed by atoms with Gasteiger partial charge in [0.25, 0.3) is 5.91 Å². The summed E-state index contributed by atoms with van der Waals surface area (Å²) in [5.74, 6) is 8.19. The Bertz CT molecular complexity index is 987. The predicted molar refractivity (Wildman–Crippen MR) is 104 cm³/mol. The number of benzene rings is 1. The molecule has 28 heavy (non-hydrogen) atoms.